The summed E-state index contributed by atoms with van der Waals surface area (Å²) in [6, 6.07) is 6.66. The first kappa shape index (κ1) is 14.9. The van der Waals surface area contributed by atoms with E-state index in [1.165, 1.54) is 16.8 Å². The van der Waals surface area contributed by atoms with Crippen molar-refractivity contribution >= 4 is 17.3 Å². The Bertz CT molecular complexity index is 846. The minimum absolute atomic E-state index is 0.00113. The van der Waals surface area contributed by atoms with E-state index in [2.05, 4.69) is 0 Å². The molecule has 0 unspecified atom stereocenters. The van der Waals surface area contributed by atoms with Crippen LogP contribution in [0.2, 0.25) is 5.02 Å². The average Bonchev–Trinajstić information content (AvgIpc) is 2.48. The largest absolute Gasteiger partial charge is 0.393 e. The van der Waals surface area contributed by atoms with Crippen molar-refractivity contribution in [3.8, 4) is 6.07 Å². The Balaban J connectivity index is 2.55. The van der Waals surface area contributed by atoms with Gasteiger partial charge in [-0.15, -0.1) is 0 Å². The van der Waals surface area contributed by atoms with Crippen molar-refractivity contribution in [1.82, 2.24) is 9.13 Å². The summed E-state index contributed by atoms with van der Waals surface area (Å²) in [6.45, 7) is 2.20. The van der Waals surface area contributed by atoms with Gasteiger partial charge in [-0.25, -0.2) is 4.79 Å². The quantitative estimate of drug-likeness (QED) is 0.921. The standard InChI is InChI=1S/C14H13ClN4O2/c1-2-18-8-12(17)13(20)19(14(18)21)7-10-4-3-9(6-16)5-11(10)15/h3-5,8H,2,7,17H2,1H3. The first-order chi connectivity index (χ1) is 9.97. The maximum atomic E-state index is 12.2. The van der Waals surface area contributed by atoms with Gasteiger partial charge in [-0.05, 0) is 24.6 Å². The van der Waals surface area contributed by atoms with Crippen LogP contribution in [-0.4, -0.2) is 9.13 Å². The molecule has 0 bridgehead atoms. The van der Waals surface area contributed by atoms with E-state index >= 15 is 0 Å². The molecular weight excluding hydrogens is 292 g/mol. The number of nitriles is 1. The molecule has 1 heterocycles. The summed E-state index contributed by atoms with van der Waals surface area (Å²) in [4.78, 5) is 24.2. The molecule has 0 spiro atoms. The molecule has 1 aromatic carbocycles. The molecule has 0 aliphatic heterocycles. The molecule has 0 radical (unpaired) electrons. The third-order valence-corrected chi connectivity index (χ3v) is 3.47. The number of halogens is 1. The Morgan fingerprint density at radius 2 is 2.10 bits per heavy atom. The summed E-state index contributed by atoms with van der Waals surface area (Å²) < 4.78 is 2.39. The third-order valence-electron chi connectivity index (χ3n) is 3.11. The SMILES string of the molecule is CCn1cc(N)c(=O)n(Cc2ccc(C#N)cc2Cl)c1=O. The second-order valence-corrected chi connectivity index (χ2v) is 4.87. The van der Waals surface area contributed by atoms with Crippen LogP contribution < -0.4 is 17.0 Å². The zero-order chi connectivity index (χ0) is 15.6. The van der Waals surface area contributed by atoms with E-state index in [1.807, 2.05) is 6.07 Å². The lowest BCUT2D eigenvalue weighted by atomic mass is 10.1. The van der Waals surface area contributed by atoms with Gasteiger partial charge >= 0.3 is 5.69 Å². The number of rotatable bonds is 3. The molecule has 0 aliphatic carbocycles. The average molecular weight is 305 g/mol. The summed E-state index contributed by atoms with van der Waals surface area (Å²) >= 11 is 6.07. The monoisotopic (exact) mass is 304 g/mol. The summed E-state index contributed by atoms with van der Waals surface area (Å²) in [5.74, 6) is 0. The predicted molar refractivity (Wildman–Crippen MR) is 80.3 cm³/mol. The van der Waals surface area contributed by atoms with Crippen molar-refractivity contribution in [2.45, 2.75) is 20.0 Å². The Labute approximate surface area is 125 Å². The highest BCUT2D eigenvalue weighted by molar-refractivity contribution is 6.31. The van der Waals surface area contributed by atoms with Crippen molar-refractivity contribution in [2.24, 2.45) is 0 Å². The number of nitrogens with two attached hydrogens (primary N) is 1. The molecule has 0 amide bonds. The number of nitrogens with zero attached hydrogens (tertiary/aromatic N) is 3. The third kappa shape index (κ3) is 2.83. The molecule has 2 rings (SSSR count). The molecule has 21 heavy (non-hydrogen) atoms. The first-order valence-corrected chi connectivity index (χ1v) is 6.64. The molecule has 108 valence electrons. The fourth-order valence-electron chi connectivity index (χ4n) is 1.96. The van der Waals surface area contributed by atoms with Gasteiger partial charge in [-0.1, -0.05) is 17.7 Å². The van der Waals surface area contributed by atoms with Crippen LogP contribution in [0.3, 0.4) is 0 Å². The molecule has 7 heteroatoms. The van der Waals surface area contributed by atoms with Gasteiger partial charge in [0.15, 0.2) is 0 Å². The van der Waals surface area contributed by atoms with Gasteiger partial charge in [0, 0.05) is 17.8 Å². The van der Waals surface area contributed by atoms with Crippen molar-refractivity contribution in [1.29, 1.82) is 5.26 Å². The van der Waals surface area contributed by atoms with E-state index in [4.69, 9.17) is 22.6 Å². The number of hydrogen-bond donors (Lipinski definition) is 1. The van der Waals surface area contributed by atoms with Gasteiger partial charge in [0.25, 0.3) is 5.56 Å². The highest BCUT2D eigenvalue weighted by Crippen LogP contribution is 2.18. The van der Waals surface area contributed by atoms with Crippen molar-refractivity contribution < 1.29 is 0 Å². The van der Waals surface area contributed by atoms with Crippen LogP contribution in [0.25, 0.3) is 0 Å². The topological polar surface area (TPSA) is 93.8 Å². The maximum Gasteiger partial charge on any atom is 0.331 e. The van der Waals surface area contributed by atoms with E-state index in [1.54, 1.807) is 19.1 Å². The smallest absolute Gasteiger partial charge is 0.331 e. The van der Waals surface area contributed by atoms with Gasteiger partial charge in [0.05, 0.1) is 18.2 Å². The number of benzene rings is 1. The number of anilines is 1. The normalized spacial score (nSPS) is 10.3. The van der Waals surface area contributed by atoms with Crippen LogP contribution in [0.15, 0.2) is 34.0 Å². The lowest BCUT2D eigenvalue weighted by Gasteiger charge is -2.11. The van der Waals surface area contributed by atoms with Gasteiger partial charge in [0.1, 0.15) is 5.69 Å². The Morgan fingerprint density at radius 3 is 2.67 bits per heavy atom. The molecule has 0 fully saturated rings. The summed E-state index contributed by atoms with van der Waals surface area (Å²) in [5.41, 5.74) is 5.62. The lowest BCUT2D eigenvalue weighted by molar-refractivity contribution is 0.603. The van der Waals surface area contributed by atoms with E-state index in [0.29, 0.717) is 22.7 Å². The Morgan fingerprint density at radius 1 is 1.38 bits per heavy atom. The second-order valence-electron chi connectivity index (χ2n) is 4.46. The molecule has 0 aliphatic rings. The summed E-state index contributed by atoms with van der Waals surface area (Å²) in [7, 11) is 0. The Kier molecular flexibility index (Phi) is 4.15. The summed E-state index contributed by atoms with van der Waals surface area (Å²) in [6.07, 6.45) is 1.33. The molecular formula is C14H13ClN4O2. The van der Waals surface area contributed by atoms with Crippen molar-refractivity contribution in [3.05, 3.63) is 61.4 Å². The highest BCUT2D eigenvalue weighted by Gasteiger charge is 2.11. The van der Waals surface area contributed by atoms with Crippen LogP contribution in [0.4, 0.5) is 5.69 Å². The van der Waals surface area contributed by atoms with Crippen LogP contribution in [0.5, 0.6) is 0 Å². The van der Waals surface area contributed by atoms with Crippen LogP contribution in [-0.2, 0) is 13.1 Å². The van der Waals surface area contributed by atoms with Gasteiger partial charge < -0.3 is 5.73 Å². The van der Waals surface area contributed by atoms with E-state index in [-0.39, 0.29) is 12.2 Å². The summed E-state index contributed by atoms with van der Waals surface area (Å²) in [5, 5.41) is 9.13. The second kappa shape index (κ2) is 5.85. The van der Waals surface area contributed by atoms with Crippen molar-refractivity contribution in [3.63, 3.8) is 0 Å². The number of aromatic nitrogens is 2. The van der Waals surface area contributed by atoms with E-state index in [9.17, 15) is 9.59 Å². The number of aryl methyl sites for hydroxylation is 1. The van der Waals surface area contributed by atoms with Gasteiger partial charge in [-0.2, -0.15) is 5.26 Å². The van der Waals surface area contributed by atoms with Crippen LogP contribution >= 0.6 is 11.6 Å². The van der Waals surface area contributed by atoms with Crippen LogP contribution in [0, 0.1) is 11.3 Å². The van der Waals surface area contributed by atoms with Gasteiger partial charge in [0.2, 0.25) is 0 Å². The fraction of sp³-hybridized carbons (Fsp3) is 0.214. The van der Waals surface area contributed by atoms with E-state index < -0.39 is 11.2 Å². The van der Waals surface area contributed by atoms with E-state index in [0.717, 1.165) is 4.57 Å². The zero-order valence-corrected chi connectivity index (χ0v) is 12.1. The van der Waals surface area contributed by atoms with Crippen molar-refractivity contribution in [2.75, 3.05) is 5.73 Å². The molecule has 1 aromatic heterocycles. The molecule has 0 saturated carbocycles. The first-order valence-electron chi connectivity index (χ1n) is 6.26. The minimum atomic E-state index is -0.551. The molecule has 2 N–H and O–H groups in total. The highest BCUT2D eigenvalue weighted by atomic mass is 35.5. The fourth-order valence-corrected chi connectivity index (χ4v) is 2.20. The predicted octanol–water partition coefficient (Wildman–Crippen LogP) is 1.19. The Hall–Kier alpha value is -2.52. The molecule has 2 aromatic rings. The molecule has 0 saturated heterocycles. The molecule has 0 atom stereocenters. The van der Waals surface area contributed by atoms with Crippen LogP contribution in [0.1, 0.15) is 18.1 Å². The number of nitrogen functional groups attached to an aromatic ring is 1. The zero-order valence-electron chi connectivity index (χ0n) is 11.3. The maximum absolute atomic E-state index is 12.2. The van der Waals surface area contributed by atoms with Gasteiger partial charge in [-0.3, -0.25) is 13.9 Å². The number of hydrogen-bond acceptors (Lipinski definition) is 4. The molecule has 6 nitrogen and oxygen atoms in total. The minimum Gasteiger partial charge on any atom is -0.393 e. The lowest BCUT2D eigenvalue weighted by Crippen LogP contribution is -2.40.